The molecular weight excluding hydrogens is 269 g/mol. The van der Waals surface area contributed by atoms with E-state index in [-0.39, 0.29) is 29.8 Å². The largest absolute Gasteiger partial charge is 0.441 e. The molecule has 0 saturated carbocycles. The summed E-state index contributed by atoms with van der Waals surface area (Å²) in [6.45, 7) is -0.0888. The van der Waals surface area contributed by atoms with Crippen molar-refractivity contribution < 1.29 is 18.0 Å². The van der Waals surface area contributed by atoms with Gasteiger partial charge in [-0.05, 0) is 11.8 Å². The molecule has 1 amide bonds. The summed E-state index contributed by atoms with van der Waals surface area (Å²) in [6.07, 6.45) is 2.67. The molecule has 0 unspecified atom stereocenters. The van der Waals surface area contributed by atoms with Gasteiger partial charge in [0.15, 0.2) is 0 Å². The Hall–Kier alpha value is -1.51. The first-order valence-electron chi connectivity index (χ1n) is 4.91. The van der Waals surface area contributed by atoms with Crippen LogP contribution in [-0.4, -0.2) is 40.7 Å². The second kappa shape index (κ2) is 6.43. The average Bonchev–Trinajstić information content (AvgIpc) is 2.33. The lowest BCUT2D eigenvalue weighted by molar-refractivity contribution is -0.0327. The highest BCUT2D eigenvalue weighted by Gasteiger charge is 2.27. The Bertz CT molecular complexity index is 413. The summed E-state index contributed by atoms with van der Waals surface area (Å²) in [7, 11) is 1.62. The van der Waals surface area contributed by atoms with E-state index in [0.717, 1.165) is 0 Å². The average molecular weight is 280 g/mol. The van der Waals surface area contributed by atoms with Crippen LogP contribution < -0.4 is 10.6 Å². The Morgan fingerprint density at radius 1 is 1.44 bits per heavy atom. The third-order valence-electron chi connectivity index (χ3n) is 1.78. The van der Waals surface area contributed by atoms with E-state index in [1.54, 1.807) is 7.05 Å². The molecule has 5 nitrogen and oxygen atoms in total. The Labute approximate surface area is 106 Å². The van der Waals surface area contributed by atoms with Crippen molar-refractivity contribution in [1.82, 2.24) is 15.3 Å². The maximum Gasteiger partial charge on any atom is 0.441 e. The van der Waals surface area contributed by atoms with Crippen molar-refractivity contribution >= 4 is 23.5 Å². The zero-order valence-electron chi connectivity index (χ0n) is 9.41. The van der Waals surface area contributed by atoms with Gasteiger partial charge in [-0.25, -0.2) is 4.98 Å². The first-order chi connectivity index (χ1) is 8.42. The lowest BCUT2D eigenvalue weighted by Gasteiger charge is -2.07. The monoisotopic (exact) mass is 280 g/mol. The molecule has 2 N–H and O–H groups in total. The van der Waals surface area contributed by atoms with Crippen molar-refractivity contribution in [2.24, 2.45) is 0 Å². The molecule has 0 aromatic carbocycles. The highest BCUT2D eigenvalue weighted by atomic mass is 32.2. The molecule has 0 radical (unpaired) electrons. The Morgan fingerprint density at radius 3 is 2.78 bits per heavy atom. The molecule has 0 spiro atoms. The van der Waals surface area contributed by atoms with Gasteiger partial charge in [0.05, 0.1) is 12.4 Å². The minimum Gasteiger partial charge on any atom is -0.372 e. The molecule has 0 fully saturated rings. The van der Waals surface area contributed by atoms with E-state index < -0.39 is 11.4 Å². The number of hydrogen-bond donors (Lipinski definition) is 2. The van der Waals surface area contributed by atoms with Crippen LogP contribution in [0.4, 0.5) is 19.0 Å². The summed E-state index contributed by atoms with van der Waals surface area (Å²) in [5.41, 5.74) is -4.23. The van der Waals surface area contributed by atoms with Crippen LogP contribution in [-0.2, 0) is 0 Å². The smallest absolute Gasteiger partial charge is 0.372 e. The SMILES string of the molecule is CNc1cncc(C(=O)NCCSC(F)(F)F)n1. The van der Waals surface area contributed by atoms with Gasteiger partial charge in [-0.15, -0.1) is 0 Å². The van der Waals surface area contributed by atoms with E-state index in [0.29, 0.717) is 5.82 Å². The van der Waals surface area contributed by atoms with Gasteiger partial charge in [-0.1, -0.05) is 0 Å². The number of aromatic nitrogens is 2. The number of alkyl halides is 3. The summed E-state index contributed by atoms with van der Waals surface area (Å²) < 4.78 is 35.5. The van der Waals surface area contributed by atoms with E-state index >= 15 is 0 Å². The second-order valence-corrected chi connectivity index (χ2v) is 4.25. The zero-order valence-corrected chi connectivity index (χ0v) is 10.2. The van der Waals surface area contributed by atoms with Crippen LogP contribution in [0.5, 0.6) is 0 Å². The molecule has 0 aliphatic carbocycles. The van der Waals surface area contributed by atoms with Crippen LogP contribution in [0.15, 0.2) is 12.4 Å². The third kappa shape index (κ3) is 5.21. The van der Waals surface area contributed by atoms with E-state index in [1.807, 2.05) is 0 Å². The molecule has 0 bridgehead atoms. The number of carbonyl (C=O) groups excluding carboxylic acids is 1. The Morgan fingerprint density at radius 2 is 2.17 bits per heavy atom. The molecule has 100 valence electrons. The topological polar surface area (TPSA) is 66.9 Å². The molecule has 0 aliphatic heterocycles. The number of halogens is 3. The quantitative estimate of drug-likeness (QED) is 0.800. The lowest BCUT2D eigenvalue weighted by Crippen LogP contribution is -2.27. The lowest BCUT2D eigenvalue weighted by atomic mass is 10.4. The molecule has 0 atom stereocenters. The van der Waals surface area contributed by atoms with Crippen LogP contribution in [0.25, 0.3) is 0 Å². The summed E-state index contributed by atoms with van der Waals surface area (Å²) >= 11 is -0.185. The molecule has 1 aromatic rings. The molecular formula is C9H11F3N4OS. The number of rotatable bonds is 5. The van der Waals surface area contributed by atoms with E-state index in [2.05, 4.69) is 20.6 Å². The summed E-state index contributed by atoms with van der Waals surface area (Å²) in [6, 6.07) is 0. The minimum atomic E-state index is -4.28. The summed E-state index contributed by atoms with van der Waals surface area (Å²) in [4.78, 5) is 19.2. The third-order valence-corrected chi connectivity index (χ3v) is 2.51. The number of hydrogen-bond acceptors (Lipinski definition) is 5. The molecule has 1 heterocycles. The van der Waals surface area contributed by atoms with Crippen LogP contribution in [0.2, 0.25) is 0 Å². The fourth-order valence-corrected chi connectivity index (χ4v) is 1.45. The minimum absolute atomic E-state index is 0.0545. The number of carbonyl (C=O) groups is 1. The van der Waals surface area contributed by atoms with Crippen molar-refractivity contribution in [3.63, 3.8) is 0 Å². The number of nitrogens with one attached hydrogen (secondary N) is 2. The molecule has 18 heavy (non-hydrogen) atoms. The van der Waals surface area contributed by atoms with Gasteiger partial charge in [-0.2, -0.15) is 13.2 Å². The highest BCUT2D eigenvalue weighted by molar-refractivity contribution is 8.00. The Kier molecular flexibility index (Phi) is 5.20. The van der Waals surface area contributed by atoms with Crippen LogP contribution in [0.3, 0.4) is 0 Å². The molecule has 0 aliphatic rings. The van der Waals surface area contributed by atoms with Gasteiger partial charge in [0.25, 0.3) is 5.91 Å². The highest BCUT2D eigenvalue weighted by Crippen LogP contribution is 2.29. The van der Waals surface area contributed by atoms with Crippen LogP contribution in [0.1, 0.15) is 10.5 Å². The summed E-state index contributed by atoms with van der Waals surface area (Å²) in [5, 5.41) is 5.04. The maximum atomic E-state index is 11.8. The van der Waals surface area contributed by atoms with Crippen LogP contribution >= 0.6 is 11.8 Å². The van der Waals surface area contributed by atoms with Gasteiger partial charge < -0.3 is 10.6 Å². The van der Waals surface area contributed by atoms with Crippen molar-refractivity contribution in [2.45, 2.75) is 5.51 Å². The van der Waals surface area contributed by atoms with Gasteiger partial charge in [0.2, 0.25) is 0 Å². The number of thioether (sulfide) groups is 1. The second-order valence-electron chi connectivity index (χ2n) is 3.09. The van der Waals surface area contributed by atoms with Crippen molar-refractivity contribution in [3.8, 4) is 0 Å². The first-order valence-corrected chi connectivity index (χ1v) is 5.89. The molecule has 9 heteroatoms. The van der Waals surface area contributed by atoms with E-state index in [1.165, 1.54) is 12.4 Å². The van der Waals surface area contributed by atoms with E-state index in [9.17, 15) is 18.0 Å². The first kappa shape index (κ1) is 14.6. The maximum absolute atomic E-state index is 11.8. The fraction of sp³-hybridized carbons (Fsp3) is 0.444. The normalized spacial score (nSPS) is 11.1. The predicted molar refractivity (Wildman–Crippen MR) is 62.4 cm³/mol. The number of anilines is 1. The van der Waals surface area contributed by atoms with Gasteiger partial charge in [0, 0.05) is 19.3 Å². The number of amides is 1. The predicted octanol–water partition coefficient (Wildman–Crippen LogP) is 1.50. The Balaban J connectivity index is 2.41. The van der Waals surface area contributed by atoms with Gasteiger partial charge in [0.1, 0.15) is 11.5 Å². The van der Waals surface area contributed by atoms with E-state index in [4.69, 9.17) is 0 Å². The van der Waals surface area contributed by atoms with Gasteiger partial charge >= 0.3 is 5.51 Å². The molecule has 1 rings (SSSR count). The number of nitrogens with zero attached hydrogens (tertiary/aromatic N) is 2. The fourth-order valence-electron chi connectivity index (χ4n) is 1.02. The van der Waals surface area contributed by atoms with Crippen molar-refractivity contribution in [1.29, 1.82) is 0 Å². The van der Waals surface area contributed by atoms with Gasteiger partial charge in [-0.3, -0.25) is 9.78 Å². The van der Waals surface area contributed by atoms with Crippen molar-refractivity contribution in [3.05, 3.63) is 18.1 Å². The standard InChI is InChI=1S/C9H11F3N4OS/c1-13-7-5-14-4-6(16-7)8(17)15-2-3-18-9(10,11)12/h4-5H,2-3H2,1H3,(H,13,16)(H,15,17). The zero-order chi connectivity index (χ0) is 13.6. The molecule has 0 saturated heterocycles. The van der Waals surface area contributed by atoms with Crippen molar-refractivity contribution in [2.75, 3.05) is 24.7 Å². The molecule has 1 aromatic heterocycles. The van der Waals surface area contributed by atoms with Crippen LogP contribution in [0, 0.1) is 0 Å². The summed E-state index contributed by atoms with van der Waals surface area (Å²) in [5.74, 6) is -0.385.